The van der Waals surface area contributed by atoms with Gasteiger partial charge in [-0.1, -0.05) is 61.3 Å². The molecular formula is C26H24Cl2N3O2+. The molecule has 0 radical (unpaired) electrons. The zero-order valence-corrected chi connectivity index (χ0v) is 19.8. The lowest BCUT2D eigenvalue weighted by molar-refractivity contribution is -0.596. The number of carbonyl (C=O) groups is 2. The molecular weight excluding hydrogens is 457 g/mol. The van der Waals surface area contributed by atoms with Crippen LogP contribution in [0.25, 0.3) is 0 Å². The molecule has 0 aliphatic carbocycles. The zero-order chi connectivity index (χ0) is 23.5. The number of amides is 2. The third-order valence-electron chi connectivity index (χ3n) is 5.63. The van der Waals surface area contributed by atoms with E-state index in [1.807, 2.05) is 30.5 Å². The normalized spacial score (nSPS) is 19.1. The summed E-state index contributed by atoms with van der Waals surface area (Å²) in [5.74, 6) is -0.221. The molecule has 1 aliphatic heterocycles. The van der Waals surface area contributed by atoms with E-state index in [1.54, 1.807) is 41.1 Å². The average Bonchev–Trinajstić information content (AvgIpc) is 3.09. The summed E-state index contributed by atoms with van der Waals surface area (Å²) in [7, 11) is 0. The largest absolute Gasteiger partial charge is 0.334 e. The highest BCUT2D eigenvalue weighted by Gasteiger charge is 2.47. The minimum absolute atomic E-state index is 0.299. The molecule has 0 unspecified atom stereocenters. The van der Waals surface area contributed by atoms with Crippen LogP contribution in [0.2, 0.25) is 10.0 Å². The molecule has 2 N–H and O–H groups in total. The summed E-state index contributed by atoms with van der Waals surface area (Å²) in [6, 6.07) is 20.7. The minimum Gasteiger partial charge on any atom is -0.334 e. The Bertz CT molecular complexity index is 1190. The number of hydrogen-bond donors (Lipinski definition) is 2. The van der Waals surface area contributed by atoms with Crippen LogP contribution in [0, 0.1) is 0 Å². The quantitative estimate of drug-likeness (QED) is 0.497. The van der Waals surface area contributed by atoms with E-state index >= 15 is 0 Å². The van der Waals surface area contributed by atoms with Crippen molar-refractivity contribution >= 4 is 41.2 Å². The zero-order valence-electron chi connectivity index (χ0n) is 18.3. The van der Waals surface area contributed by atoms with E-state index in [9.17, 15) is 9.59 Å². The maximum Gasteiger partial charge on any atom is 0.304 e. The van der Waals surface area contributed by atoms with Gasteiger partial charge in [0.1, 0.15) is 0 Å². The van der Waals surface area contributed by atoms with Gasteiger partial charge in [-0.3, -0.25) is 9.59 Å². The van der Waals surface area contributed by atoms with E-state index in [1.165, 1.54) is 5.56 Å². The summed E-state index contributed by atoms with van der Waals surface area (Å²) >= 11 is 12.0. The van der Waals surface area contributed by atoms with Crippen LogP contribution >= 0.6 is 23.2 Å². The fourth-order valence-electron chi connectivity index (χ4n) is 3.79. The van der Waals surface area contributed by atoms with E-state index in [0.29, 0.717) is 21.5 Å². The number of hydrazone groups is 1. The minimum atomic E-state index is -0.805. The second-order valence-corrected chi connectivity index (χ2v) is 9.16. The second kappa shape index (κ2) is 9.77. The molecule has 7 heteroatoms. The van der Waals surface area contributed by atoms with Crippen molar-refractivity contribution in [3.05, 3.63) is 105 Å². The highest BCUT2D eigenvalue weighted by molar-refractivity contribution is 6.30. The van der Waals surface area contributed by atoms with Gasteiger partial charge in [-0.05, 0) is 60.0 Å². The van der Waals surface area contributed by atoms with Gasteiger partial charge >= 0.3 is 5.91 Å². The number of rotatable bonds is 5. The number of nitrogens with one attached hydrogen (secondary N) is 2. The van der Waals surface area contributed by atoms with Crippen molar-refractivity contribution in [2.24, 2.45) is 0 Å². The smallest absolute Gasteiger partial charge is 0.304 e. The molecule has 168 valence electrons. The molecule has 0 spiro atoms. The predicted octanol–water partition coefficient (Wildman–Crippen LogP) is 5.13. The van der Waals surface area contributed by atoms with E-state index in [2.05, 4.69) is 36.7 Å². The van der Waals surface area contributed by atoms with Gasteiger partial charge in [-0.25, -0.2) is 0 Å². The summed E-state index contributed by atoms with van der Waals surface area (Å²) in [5, 5.41) is 4.01. The molecule has 0 saturated carbocycles. The van der Waals surface area contributed by atoms with E-state index in [4.69, 9.17) is 23.2 Å². The number of benzene rings is 3. The van der Waals surface area contributed by atoms with Gasteiger partial charge < -0.3 is 5.32 Å². The van der Waals surface area contributed by atoms with Crippen LogP contribution in [-0.4, -0.2) is 28.8 Å². The molecule has 0 bridgehead atoms. The Morgan fingerprint density at radius 1 is 0.939 bits per heavy atom. The first-order chi connectivity index (χ1) is 15.8. The maximum atomic E-state index is 13.0. The van der Waals surface area contributed by atoms with E-state index < -0.39 is 12.1 Å². The van der Waals surface area contributed by atoms with Crippen molar-refractivity contribution in [2.75, 3.05) is 0 Å². The molecule has 2 atom stereocenters. The second-order valence-electron chi connectivity index (χ2n) is 8.29. The van der Waals surface area contributed by atoms with Crippen LogP contribution in [-0.2, 0) is 4.79 Å². The van der Waals surface area contributed by atoms with Crippen molar-refractivity contribution < 1.29 is 14.3 Å². The maximum absolute atomic E-state index is 13.0. The molecule has 1 fully saturated rings. The van der Waals surface area contributed by atoms with Crippen LogP contribution < -0.4 is 10.7 Å². The van der Waals surface area contributed by atoms with Crippen molar-refractivity contribution in [1.82, 2.24) is 10.7 Å². The van der Waals surface area contributed by atoms with Crippen molar-refractivity contribution in [1.29, 1.82) is 0 Å². The molecule has 3 aromatic rings. The highest BCUT2D eigenvalue weighted by Crippen LogP contribution is 2.27. The average molecular weight is 481 g/mol. The number of hydrazine groups is 1. The van der Waals surface area contributed by atoms with Crippen LogP contribution in [0.4, 0.5) is 0 Å². The molecule has 33 heavy (non-hydrogen) atoms. The van der Waals surface area contributed by atoms with Gasteiger partial charge in [-0.2, -0.15) is 0 Å². The monoisotopic (exact) mass is 480 g/mol. The highest BCUT2D eigenvalue weighted by atomic mass is 35.5. The van der Waals surface area contributed by atoms with Gasteiger partial charge in [0.2, 0.25) is 12.3 Å². The van der Waals surface area contributed by atoms with Crippen LogP contribution in [0.15, 0.2) is 72.8 Å². The molecule has 4 rings (SSSR count). The summed E-state index contributed by atoms with van der Waals surface area (Å²) in [5.41, 5.74) is 6.33. The van der Waals surface area contributed by atoms with E-state index in [-0.39, 0.29) is 11.8 Å². The van der Waals surface area contributed by atoms with Crippen molar-refractivity contribution in [3.8, 4) is 0 Å². The van der Waals surface area contributed by atoms with Crippen molar-refractivity contribution in [2.45, 2.75) is 31.8 Å². The summed E-state index contributed by atoms with van der Waals surface area (Å²) in [6.45, 7) is 4.29. The number of hydrogen-bond acceptors (Lipinski definition) is 2. The first kappa shape index (κ1) is 23.0. The van der Waals surface area contributed by atoms with Gasteiger partial charge in [0.05, 0.1) is 0 Å². The molecule has 1 saturated heterocycles. The predicted molar refractivity (Wildman–Crippen MR) is 131 cm³/mol. The number of carbonyl (C=O) groups excluding carboxylic acids is 2. The standard InChI is InChI=1S/C26H23Cl2N3O2/c1-16(2)18-5-3-17(4-6-18)15-31-24(19-7-11-21(27)12-8-19)23(26(33)30-31)29-25(32)20-9-13-22(28)14-10-20/h3-16,23-24H,1-2H3,(H-,29,30,32,33)/p+1/b31-15-/t23-,24-/m1/s1. The van der Waals surface area contributed by atoms with E-state index in [0.717, 1.165) is 11.1 Å². The SMILES string of the molecule is CC(C)c1ccc(/C=[N+]2\NC(=O)[C@H](NC(=O)c3ccc(Cl)cc3)[C@H]2c2ccc(Cl)cc2)cc1. The molecule has 5 nitrogen and oxygen atoms in total. The van der Waals surface area contributed by atoms with Gasteiger partial charge in [0, 0.05) is 26.7 Å². The lowest BCUT2D eigenvalue weighted by Gasteiger charge is -2.15. The first-order valence-electron chi connectivity index (χ1n) is 10.7. The third kappa shape index (κ3) is 5.27. The van der Waals surface area contributed by atoms with Crippen molar-refractivity contribution in [3.63, 3.8) is 0 Å². The molecule has 2 amide bonds. The van der Waals surface area contributed by atoms with Crippen LogP contribution in [0.1, 0.15) is 52.9 Å². The Labute approximate surface area is 203 Å². The Morgan fingerprint density at radius 3 is 2.09 bits per heavy atom. The number of halogens is 2. The lowest BCUT2D eigenvalue weighted by Crippen LogP contribution is -2.42. The molecule has 1 aliphatic rings. The Balaban J connectivity index is 1.68. The van der Waals surface area contributed by atoms with Crippen LogP contribution in [0.5, 0.6) is 0 Å². The summed E-state index contributed by atoms with van der Waals surface area (Å²) in [6.07, 6.45) is 1.87. The first-order valence-corrected chi connectivity index (χ1v) is 11.4. The Morgan fingerprint density at radius 2 is 1.52 bits per heavy atom. The van der Waals surface area contributed by atoms with Gasteiger partial charge in [-0.15, -0.1) is 10.1 Å². The molecule has 0 aromatic heterocycles. The van der Waals surface area contributed by atoms with Crippen LogP contribution in [0.3, 0.4) is 0 Å². The topological polar surface area (TPSA) is 61.2 Å². The third-order valence-corrected chi connectivity index (χ3v) is 6.14. The summed E-state index contributed by atoms with van der Waals surface area (Å²) < 4.78 is 1.74. The Kier molecular flexibility index (Phi) is 6.82. The fourth-order valence-corrected chi connectivity index (χ4v) is 4.05. The molecule has 3 aromatic carbocycles. The molecule has 1 heterocycles. The van der Waals surface area contributed by atoms with Gasteiger partial charge in [0.25, 0.3) is 5.91 Å². The Hall–Kier alpha value is -3.15. The fraction of sp³-hybridized carbons (Fsp3) is 0.192. The summed E-state index contributed by atoms with van der Waals surface area (Å²) in [4.78, 5) is 25.8. The lowest BCUT2D eigenvalue weighted by atomic mass is 9.99. The number of nitrogens with zero attached hydrogens (tertiary/aromatic N) is 1. The van der Waals surface area contributed by atoms with Gasteiger partial charge in [0.15, 0.2) is 6.04 Å².